The van der Waals surface area contributed by atoms with Crippen LogP contribution in [0.5, 0.6) is 0 Å². The van der Waals surface area contributed by atoms with Gasteiger partial charge in [0.2, 0.25) is 5.91 Å². The number of aromatic amines is 1. The molecular formula is C20H22BrF2N3O2S. The van der Waals surface area contributed by atoms with Gasteiger partial charge in [-0.05, 0) is 59.5 Å². The summed E-state index contributed by atoms with van der Waals surface area (Å²) in [4.78, 5) is 17.7. The Hall–Kier alpha value is -1.58. The van der Waals surface area contributed by atoms with Crippen molar-refractivity contribution in [2.24, 2.45) is 0 Å². The highest BCUT2D eigenvalue weighted by Gasteiger charge is 2.32. The van der Waals surface area contributed by atoms with Gasteiger partial charge in [-0.15, -0.1) is 0 Å². The van der Waals surface area contributed by atoms with Gasteiger partial charge in [0.25, 0.3) is 0 Å². The van der Waals surface area contributed by atoms with Gasteiger partial charge in [-0.25, -0.2) is 8.78 Å². The number of hydrogen-bond donors (Lipinski definition) is 1. The summed E-state index contributed by atoms with van der Waals surface area (Å²) in [7, 11) is 1.82. The number of imidazole rings is 1. The number of fused-ring (bicyclic) bond motifs is 1. The SMILES string of the molecule is CN(C(=O)Cc1[nH]c(=S)n2c1CC(c1c(F)ccc(Br)c1F)C2)C1CCOCC1. The lowest BCUT2D eigenvalue weighted by molar-refractivity contribution is -0.132. The first-order valence-corrected chi connectivity index (χ1v) is 10.8. The molecule has 1 fully saturated rings. The number of halogens is 3. The van der Waals surface area contributed by atoms with Crippen molar-refractivity contribution in [2.75, 3.05) is 20.3 Å². The van der Waals surface area contributed by atoms with Crippen molar-refractivity contribution in [2.45, 2.75) is 44.2 Å². The van der Waals surface area contributed by atoms with E-state index in [-0.39, 0.29) is 34.3 Å². The Labute approximate surface area is 181 Å². The third-order valence-electron chi connectivity index (χ3n) is 5.97. The number of hydrogen-bond acceptors (Lipinski definition) is 3. The number of nitrogens with one attached hydrogen (secondary N) is 1. The van der Waals surface area contributed by atoms with E-state index in [1.807, 2.05) is 11.6 Å². The van der Waals surface area contributed by atoms with E-state index < -0.39 is 11.6 Å². The zero-order chi connectivity index (χ0) is 20.7. The number of carbonyl (C=O) groups excluding carboxylic acids is 1. The Bertz CT molecular complexity index is 1000. The molecule has 2 aromatic rings. The number of aromatic nitrogens is 2. The van der Waals surface area contributed by atoms with Gasteiger partial charge in [0.05, 0.1) is 10.9 Å². The first-order valence-electron chi connectivity index (χ1n) is 9.64. The number of ether oxygens (including phenoxy) is 1. The van der Waals surface area contributed by atoms with Gasteiger partial charge in [0, 0.05) is 55.7 Å². The van der Waals surface area contributed by atoms with Crippen molar-refractivity contribution in [3.05, 3.63) is 50.0 Å². The monoisotopic (exact) mass is 485 g/mol. The van der Waals surface area contributed by atoms with E-state index in [1.165, 1.54) is 12.1 Å². The maximum atomic E-state index is 14.6. The molecule has 1 amide bonds. The van der Waals surface area contributed by atoms with Crippen LogP contribution in [0.15, 0.2) is 16.6 Å². The fourth-order valence-corrected chi connectivity index (χ4v) is 4.96. The molecule has 5 nitrogen and oxygen atoms in total. The largest absolute Gasteiger partial charge is 0.381 e. The van der Waals surface area contributed by atoms with Gasteiger partial charge in [0.1, 0.15) is 11.6 Å². The molecule has 9 heteroatoms. The molecule has 1 aromatic carbocycles. The third-order valence-corrected chi connectivity index (χ3v) is 6.90. The molecule has 29 heavy (non-hydrogen) atoms. The summed E-state index contributed by atoms with van der Waals surface area (Å²) in [5.74, 6) is -1.50. The van der Waals surface area contributed by atoms with Crippen LogP contribution in [-0.2, 0) is 28.9 Å². The predicted octanol–water partition coefficient (Wildman–Crippen LogP) is 4.11. The Kier molecular flexibility index (Phi) is 5.90. The molecule has 1 unspecified atom stereocenters. The van der Waals surface area contributed by atoms with Gasteiger partial charge in [-0.1, -0.05) is 0 Å². The van der Waals surface area contributed by atoms with Gasteiger partial charge in [-0.3, -0.25) is 4.79 Å². The molecule has 0 radical (unpaired) electrons. The number of benzene rings is 1. The van der Waals surface area contributed by atoms with Crippen LogP contribution in [-0.4, -0.2) is 46.7 Å². The van der Waals surface area contributed by atoms with E-state index in [4.69, 9.17) is 17.0 Å². The standard InChI is InChI=1S/C20H22BrF2N3O2S/c1-25(12-4-6-28-7-5-12)17(27)9-15-16-8-11(10-26(16)20(29)24-15)18-14(22)3-2-13(21)19(18)23/h2-3,11-12H,4-10H2,1H3,(H,24,29). The molecule has 156 valence electrons. The zero-order valence-corrected chi connectivity index (χ0v) is 18.4. The number of carbonyl (C=O) groups is 1. The number of H-pyrrole nitrogens is 1. The molecule has 2 aliphatic rings. The molecule has 4 rings (SSSR count). The van der Waals surface area contributed by atoms with E-state index in [0.29, 0.717) is 31.0 Å². The highest BCUT2D eigenvalue weighted by Crippen LogP contribution is 2.36. The average molecular weight is 486 g/mol. The van der Waals surface area contributed by atoms with Crippen LogP contribution in [0.3, 0.4) is 0 Å². The lowest BCUT2D eigenvalue weighted by Crippen LogP contribution is -2.41. The Balaban J connectivity index is 1.54. The fourth-order valence-electron chi connectivity index (χ4n) is 4.31. The zero-order valence-electron chi connectivity index (χ0n) is 16.0. The Morgan fingerprint density at radius 2 is 2.10 bits per heavy atom. The van der Waals surface area contributed by atoms with Crippen molar-refractivity contribution in [1.82, 2.24) is 14.5 Å². The van der Waals surface area contributed by atoms with Gasteiger partial charge in [0.15, 0.2) is 4.77 Å². The minimum Gasteiger partial charge on any atom is -0.381 e. The molecule has 3 heterocycles. The summed E-state index contributed by atoms with van der Waals surface area (Å²) < 4.78 is 36.9. The topological polar surface area (TPSA) is 50.3 Å². The highest BCUT2D eigenvalue weighted by atomic mass is 79.9. The van der Waals surface area contributed by atoms with Crippen LogP contribution in [0.25, 0.3) is 0 Å². The summed E-state index contributed by atoms with van der Waals surface area (Å²) in [5.41, 5.74) is 1.65. The molecule has 1 saturated heterocycles. The Morgan fingerprint density at radius 1 is 1.38 bits per heavy atom. The van der Waals surface area contributed by atoms with Crippen LogP contribution >= 0.6 is 28.1 Å². The first-order chi connectivity index (χ1) is 13.9. The van der Waals surface area contributed by atoms with Crippen LogP contribution in [0, 0.1) is 16.4 Å². The van der Waals surface area contributed by atoms with E-state index in [9.17, 15) is 13.6 Å². The summed E-state index contributed by atoms with van der Waals surface area (Å²) in [6.07, 6.45) is 2.28. The molecule has 1 atom stereocenters. The predicted molar refractivity (Wildman–Crippen MR) is 110 cm³/mol. The molecule has 0 bridgehead atoms. The summed E-state index contributed by atoms with van der Waals surface area (Å²) >= 11 is 8.54. The maximum absolute atomic E-state index is 14.6. The normalized spacial score (nSPS) is 19.4. The lowest BCUT2D eigenvalue weighted by Gasteiger charge is -2.31. The number of rotatable bonds is 4. The minimum absolute atomic E-state index is 0.000170. The average Bonchev–Trinajstić information content (AvgIpc) is 3.26. The van der Waals surface area contributed by atoms with Crippen molar-refractivity contribution in [1.29, 1.82) is 0 Å². The quantitative estimate of drug-likeness (QED) is 0.523. The number of likely N-dealkylation sites (N-methyl/N-ethyl adjacent to an activating group) is 1. The smallest absolute Gasteiger partial charge is 0.228 e. The summed E-state index contributed by atoms with van der Waals surface area (Å²) in [6.45, 7) is 1.72. The van der Waals surface area contributed by atoms with Crippen LogP contribution < -0.4 is 0 Å². The molecule has 0 spiro atoms. The second-order valence-corrected chi connectivity index (χ2v) is 8.89. The molecular weight excluding hydrogens is 464 g/mol. The lowest BCUT2D eigenvalue weighted by atomic mass is 9.95. The van der Waals surface area contributed by atoms with Crippen molar-refractivity contribution in [3.63, 3.8) is 0 Å². The van der Waals surface area contributed by atoms with Gasteiger partial charge in [-0.2, -0.15) is 0 Å². The third kappa shape index (κ3) is 3.92. The summed E-state index contributed by atoms with van der Waals surface area (Å²) in [5, 5.41) is 0. The van der Waals surface area contributed by atoms with Crippen molar-refractivity contribution in [3.8, 4) is 0 Å². The Morgan fingerprint density at radius 3 is 2.83 bits per heavy atom. The number of nitrogens with zero attached hydrogens (tertiary/aromatic N) is 2. The van der Waals surface area contributed by atoms with E-state index in [2.05, 4.69) is 20.9 Å². The molecule has 0 saturated carbocycles. The van der Waals surface area contributed by atoms with E-state index in [0.717, 1.165) is 24.2 Å². The summed E-state index contributed by atoms with van der Waals surface area (Å²) in [6, 6.07) is 2.81. The highest BCUT2D eigenvalue weighted by molar-refractivity contribution is 9.10. The van der Waals surface area contributed by atoms with Crippen LogP contribution in [0.1, 0.15) is 35.7 Å². The van der Waals surface area contributed by atoms with Crippen LogP contribution in [0.4, 0.5) is 8.78 Å². The molecule has 2 aliphatic heterocycles. The van der Waals surface area contributed by atoms with Crippen LogP contribution in [0.2, 0.25) is 0 Å². The van der Waals surface area contributed by atoms with E-state index >= 15 is 0 Å². The molecule has 1 N–H and O–H groups in total. The molecule has 1 aromatic heterocycles. The second-order valence-electron chi connectivity index (χ2n) is 7.65. The van der Waals surface area contributed by atoms with Crippen molar-refractivity contribution >= 4 is 34.1 Å². The van der Waals surface area contributed by atoms with Crippen molar-refractivity contribution < 1.29 is 18.3 Å². The minimum atomic E-state index is -0.576. The first kappa shape index (κ1) is 20.7. The van der Waals surface area contributed by atoms with E-state index in [1.54, 1.807) is 4.90 Å². The fraction of sp³-hybridized carbons (Fsp3) is 0.500. The maximum Gasteiger partial charge on any atom is 0.228 e. The molecule has 0 aliphatic carbocycles. The van der Waals surface area contributed by atoms with Gasteiger partial charge >= 0.3 is 0 Å². The second kappa shape index (κ2) is 8.28. The van der Waals surface area contributed by atoms with Gasteiger partial charge < -0.3 is 19.2 Å². The number of amides is 1.